The van der Waals surface area contributed by atoms with Crippen molar-refractivity contribution in [2.45, 2.75) is 19.4 Å². The molecule has 1 aromatic heterocycles. The molecule has 2 amide bonds. The lowest BCUT2D eigenvalue weighted by Gasteiger charge is -2.34. The first-order chi connectivity index (χ1) is 16.1. The van der Waals surface area contributed by atoms with E-state index in [0.29, 0.717) is 49.8 Å². The lowest BCUT2D eigenvalue weighted by molar-refractivity contribution is -0.117. The van der Waals surface area contributed by atoms with E-state index in [0.717, 1.165) is 18.5 Å². The van der Waals surface area contributed by atoms with E-state index in [1.54, 1.807) is 27.8 Å². The number of rotatable bonds is 6. The maximum absolute atomic E-state index is 14.0. The highest BCUT2D eigenvalue weighted by atomic mass is 19.1. The van der Waals surface area contributed by atoms with Crippen LogP contribution in [0.25, 0.3) is 5.69 Å². The molecule has 0 radical (unpaired) electrons. The zero-order valence-electron chi connectivity index (χ0n) is 18.3. The Hall–Kier alpha value is -3.52. The Morgan fingerprint density at radius 1 is 0.970 bits per heavy atom. The first kappa shape index (κ1) is 21.3. The van der Waals surface area contributed by atoms with Gasteiger partial charge in [0.25, 0.3) is 5.91 Å². The molecule has 0 bridgehead atoms. The van der Waals surface area contributed by atoms with Crippen LogP contribution < -0.4 is 5.32 Å². The van der Waals surface area contributed by atoms with E-state index < -0.39 is 0 Å². The molecular weight excluding hydrogens is 421 g/mol. The number of piperazine rings is 1. The Kier molecular flexibility index (Phi) is 5.92. The first-order valence-electron chi connectivity index (χ1n) is 11.3. The molecule has 7 nitrogen and oxygen atoms in total. The van der Waals surface area contributed by atoms with Gasteiger partial charge in [-0.3, -0.25) is 14.5 Å². The van der Waals surface area contributed by atoms with Crippen LogP contribution in [0.3, 0.4) is 0 Å². The number of hydrogen-bond acceptors (Lipinski definition) is 4. The van der Waals surface area contributed by atoms with Gasteiger partial charge in [0.1, 0.15) is 11.6 Å². The predicted molar refractivity (Wildman–Crippen MR) is 122 cm³/mol. The summed E-state index contributed by atoms with van der Waals surface area (Å²) in [6.07, 6.45) is 1.79. The van der Waals surface area contributed by atoms with Crippen LogP contribution in [0, 0.1) is 11.7 Å². The number of amides is 2. The van der Waals surface area contributed by atoms with Crippen molar-refractivity contribution in [3.05, 3.63) is 77.7 Å². The van der Waals surface area contributed by atoms with Gasteiger partial charge in [-0.25, -0.2) is 9.07 Å². The van der Waals surface area contributed by atoms with Crippen LogP contribution >= 0.6 is 0 Å². The Morgan fingerprint density at radius 2 is 1.67 bits per heavy atom. The number of nitrogens with zero attached hydrogens (tertiary/aromatic N) is 4. The summed E-state index contributed by atoms with van der Waals surface area (Å²) in [7, 11) is 0. The molecule has 2 aliphatic rings. The highest BCUT2D eigenvalue weighted by Crippen LogP contribution is 2.30. The van der Waals surface area contributed by atoms with Crippen LogP contribution in [0.4, 0.5) is 10.2 Å². The smallest absolute Gasteiger partial charge is 0.274 e. The Balaban J connectivity index is 1.29. The number of benzene rings is 2. The van der Waals surface area contributed by atoms with Gasteiger partial charge in [0, 0.05) is 50.3 Å². The van der Waals surface area contributed by atoms with E-state index in [4.69, 9.17) is 0 Å². The van der Waals surface area contributed by atoms with Crippen molar-refractivity contribution in [2.24, 2.45) is 5.92 Å². The highest BCUT2D eigenvalue weighted by molar-refractivity contribution is 5.97. The van der Waals surface area contributed by atoms with Gasteiger partial charge in [-0.1, -0.05) is 36.4 Å². The number of halogens is 1. The molecule has 0 spiro atoms. The van der Waals surface area contributed by atoms with Crippen molar-refractivity contribution in [3.8, 4) is 5.69 Å². The molecule has 1 aliphatic carbocycles. The Labute approximate surface area is 191 Å². The van der Waals surface area contributed by atoms with Crippen molar-refractivity contribution in [3.63, 3.8) is 0 Å². The number of carbonyl (C=O) groups is 2. The minimum Gasteiger partial charge on any atom is -0.335 e. The number of anilines is 1. The molecule has 1 saturated heterocycles. The molecule has 170 valence electrons. The minimum atomic E-state index is -0.205. The van der Waals surface area contributed by atoms with Gasteiger partial charge in [0.2, 0.25) is 5.91 Å². The molecule has 0 unspecified atom stereocenters. The van der Waals surface area contributed by atoms with E-state index in [9.17, 15) is 14.0 Å². The topological polar surface area (TPSA) is 70.5 Å². The summed E-state index contributed by atoms with van der Waals surface area (Å²) in [4.78, 5) is 29.5. The van der Waals surface area contributed by atoms with E-state index in [-0.39, 0.29) is 23.5 Å². The molecule has 2 fully saturated rings. The van der Waals surface area contributed by atoms with Crippen molar-refractivity contribution >= 4 is 17.6 Å². The SMILES string of the molecule is O=C(Nc1cc(C(=O)N2CCN(Cc3ccccc3F)CC2)nn1-c1ccccc1)C1CC1. The van der Waals surface area contributed by atoms with Gasteiger partial charge in [-0.2, -0.15) is 5.10 Å². The molecule has 1 N–H and O–H groups in total. The van der Waals surface area contributed by atoms with Crippen molar-refractivity contribution in [1.82, 2.24) is 19.6 Å². The standard InChI is InChI=1S/C25H26FN5O2/c26-21-9-5-4-6-19(21)17-29-12-14-30(15-13-29)25(33)22-16-23(27-24(32)18-10-11-18)31(28-22)20-7-2-1-3-8-20/h1-9,16,18H,10-15,17H2,(H,27,32). The van der Waals surface area contributed by atoms with Crippen LogP contribution in [-0.4, -0.2) is 57.6 Å². The average molecular weight is 448 g/mol. The van der Waals surface area contributed by atoms with Crippen molar-refractivity contribution < 1.29 is 14.0 Å². The Morgan fingerprint density at radius 3 is 2.36 bits per heavy atom. The molecule has 3 aromatic rings. The van der Waals surface area contributed by atoms with Gasteiger partial charge in [-0.05, 0) is 31.0 Å². The third-order valence-corrected chi connectivity index (χ3v) is 6.14. The van der Waals surface area contributed by atoms with Crippen LogP contribution in [0.2, 0.25) is 0 Å². The maximum Gasteiger partial charge on any atom is 0.274 e. The fraction of sp³-hybridized carbons (Fsp3) is 0.320. The summed E-state index contributed by atoms with van der Waals surface area (Å²) in [5.74, 6) is 0.138. The molecule has 1 saturated carbocycles. The summed E-state index contributed by atoms with van der Waals surface area (Å²) in [5.41, 5.74) is 1.74. The van der Waals surface area contributed by atoms with Crippen LogP contribution in [0.15, 0.2) is 60.7 Å². The molecule has 5 rings (SSSR count). The second-order valence-electron chi connectivity index (χ2n) is 8.59. The molecule has 1 aliphatic heterocycles. The number of hydrogen-bond donors (Lipinski definition) is 1. The monoisotopic (exact) mass is 447 g/mol. The summed E-state index contributed by atoms with van der Waals surface area (Å²) in [6, 6.07) is 17.9. The lowest BCUT2D eigenvalue weighted by atomic mass is 10.2. The van der Waals surface area contributed by atoms with Crippen molar-refractivity contribution in [1.29, 1.82) is 0 Å². The van der Waals surface area contributed by atoms with Gasteiger partial charge >= 0.3 is 0 Å². The maximum atomic E-state index is 14.0. The molecule has 0 atom stereocenters. The fourth-order valence-corrected chi connectivity index (χ4v) is 4.05. The molecule has 2 heterocycles. The highest BCUT2D eigenvalue weighted by Gasteiger charge is 2.31. The minimum absolute atomic E-state index is 0.0344. The largest absolute Gasteiger partial charge is 0.335 e. The van der Waals surface area contributed by atoms with E-state index in [1.807, 2.05) is 36.4 Å². The molecule has 8 heteroatoms. The number of aromatic nitrogens is 2. The van der Waals surface area contributed by atoms with E-state index in [1.165, 1.54) is 6.07 Å². The van der Waals surface area contributed by atoms with Crippen LogP contribution in [0.5, 0.6) is 0 Å². The van der Waals surface area contributed by atoms with Crippen LogP contribution in [-0.2, 0) is 11.3 Å². The quantitative estimate of drug-likeness (QED) is 0.629. The second kappa shape index (κ2) is 9.15. The van der Waals surface area contributed by atoms with Crippen LogP contribution in [0.1, 0.15) is 28.9 Å². The number of nitrogens with one attached hydrogen (secondary N) is 1. The first-order valence-corrected chi connectivity index (χ1v) is 11.3. The second-order valence-corrected chi connectivity index (χ2v) is 8.59. The predicted octanol–water partition coefficient (Wildman–Crippen LogP) is 3.32. The van der Waals surface area contributed by atoms with Gasteiger partial charge in [0.05, 0.1) is 5.69 Å². The molecular formula is C25H26FN5O2. The average Bonchev–Trinajstić information content (AvgIpc) is 3.62. The lowest BCUT2D eigenvalue weighted by Crippen LogP contribution is -2.48. The zero-order chi connectivity index (χ0) is 22.8. The summed E-state index contributed by atoms with van der Waals surface area (Å²) >= 11 is 0. The molecule has 2 aromatic carbocycles. The zero-order valence-corrected chi connectivity index (χ0v) is 18.3. The number of carbonyl (C=O) groups excluding carboxylic acids is 2. The fourth-order valence-electron chi connectivity index (χ4n) is 4.05. The third kappa shape index (κ3) is 4.80. The summed E-state index contributed by atoms with van der Waals surface area (Å²) in [5, 5.41) is 7.47. The van der Waals surface area contributed by atoms with Gasteiger partial charge in [-0.15, -0.1) is 0 Å². The van der Waals surface area contributed by atoms with Gasteiger partial charge < -0.3 is 10.2 Å². The van der Waals surface area contributed by atoms with Gasteiger partial charge in [0.15, 0.2) is 5.69 Å². The third-order valence-electron chi connectivity index (χ3n) is 6.14. The van der Waals surface area contributed by atoms with Crippen molar-refractivity contribution in [2.75, 3.05) is 31.5 Å². The number of para-hydroxylation sites is 1. The van der Waals surface area contributed by atoms with E-state index in [2.05, 4.69) is 15.3 Å². The Bertz CT molecular complexity index is 1150. The normalized spacial score (nSPS) is 16.6. The van der Waals surface area contributed by atoms with E-state index >= 15 is 0 Å². The summed E-state index contributed by atoms with van der Waals surface area (Å²) < 4.78 is 15.6. The molecule has 33 heavy (non-hydrogen) atoms. The summed E-state index contributed by atoms with van der Waals surface area (Å²) in [6.45, 7) is 2.91.